The van der Waals surface area contributed by atoms with Gasteiger partial charge >= 0.3 is 0 Å². The van der Waals surface area contributed by atoms with Gasteiger partial charge in [-0.3, -0.25) is 0 Å². The van der Waals surface area contributed by atoms with Crippen LogP contribution in [0.3, 0.4) is 0 Å². The lowest BCUT2D eigenvalue weighted by Gasteiger charge is -2.28. The maximum atomic E-state index is 8.98. The number of nitriles is 1. The Hall–Kier alpha value is -1.63. The summed E-state index contributed by atoms with van der Waals surface area (Å²) in [4.78, 5) is 2.87. The number of nitrogens with zero attached hydrogens (tertiary/aromatic N) is 1. The molecule has 1 nitrogen and oxygen atoms in total. The van der Waals surface area contributed by atoms with E-state index in [2.05, 4.69) is 37.3 Å². The first-order valence-corrected chi connectivity index (χ1v) is 13.9. The number of hydrogen-bond acceptors (Lipinski definition) is 3. The molecule has 1 aliphatic rings. The van der Waals surface area contributed by atoms with Gasteiger partial charge in [-0.05, 0) is 54.5 Å². The van der Waals surface area contributed by atoms with Crippen LogP contribution in [0.1, 0.15) is 88.0 Å². The summed E-state index contributed by atoms with van der Waals surface area (Å²) in [6, 6.07) is 14.9. The standard InChI is InChI=1S/C28H35NS2/c1-2-3-4-5-6-7-21-8-10-22(11-9-21)14-17-25-18-27-28(30-25)19-26(31-27)24-15-12-23(20-29)13-16-24/h12-13,15-16,18-19,21-22H,2-11,14,17H2,1H3. The van der Waals surface area contributed by atoms with E-state index < -0.39 is 0 Å². The van der Waals surface area contributed by atoms with Crippen molar-refractivity contribution in [3.05, 3.63) is 46.8 Å². The summed E-state index contributed by atoms with van der Waals surface area (Å²) in [6.07, 6.45) is 17.1. The zero-order chi connectivity index (χ0) is 21.5. The lowest BCUT2D eigenvalue weighted by molar-refractivity contribution is 0.249. The third-order valence-electron chi connectivity index (χ3n) is 7.04. The van der Waals surface area contributed by atoms with E-state index in [0.29, 0.717) is 0 Å². The summed E-state index contributed by atoms with van der Waals surface area (Å²) in [5.41, 5.74) is 1.95. The van der Waals surface area contributed by atoms with Crippen molar-refractivity contribution in [2.75, 3.05) is 0 Å². The van der Waals surface area contributed by atoms with Crippen LogP contribution in [0.25, 0.3) is 19.8 Å². The van der Waals surface area contributed by atoms with Crippen LogP contribution in [0.4, 0.5) is 0 Å². The van der Waals surface area contributed by atoms with Gasteiger partial charge in [-0.1, -0.05) is 83.3 Å². The molecular weight excluding hydrogens is 414 g/mol. The van der Waals surface area contributed by atoms with Crippen molar-refractivity contribution in [2.24, 2.45) is 11.8 Å². The average molecular weight is 450 g/mol. The monoisotopic (exact) mass is 449 g/mol. The van der Waals surface area contributed by atoms with E-state index in [1.807, 2.05) is 34.8 Å². The molecule has 1 aliphatic carbocycles. The number of hydrogen-bond donors (Lipinski definition) is 0. The highest BCUT2D eigenvalue weighted by Crippen LogP contribution is 2.40. The molecule has 0 atom stereocenters. The van der Waals surface area contributed by atoms with Gasteiger partial charge in [0.25, 0.3) is 0 Å². The van der Waals surface area contributed by atoms with Crippen LogP contribution in [0, 0.1) is 23.2 Å². The van der Waals surface area contributed by atoms with E-state index in [1.165, 1.54) is 96.9 Å². The van der Waals surface area contributed by atoms with E-state index in [0.717, 1.165) is 17.4 Å². The van der Waals surface area contributed by atoms with Crippen LogP contribution in [0.2, 0.25) is 0 Å². The summed E-state index contributed by atoms with van der Waals surface area (Å²) in [6.45, 7) is 2.30. The average Bonchev–Trinajstić information content (AvgIpc) is 3.37. The smallest absolute Gasteiger partial charge is 0.0991 e. The van der Waals surface area contributed by atoms with Crippen molar-refractivity contribution < 1.29 is 0 Å². The van der Waals surface area contributed by atoms with Crippen LogP contribution in [-0.4, -0.2) is 0 Å². The number of benzene rings is 1. The highest BCUT2D eigenvalue weighted by atomic mass is 32.1. The van der Waals surface area contributed by atoms with Gasteiger partial charge in [0.05, 0.1) is 11.6 Å². The molecule has 1 saturated carbocycles. The minimum atomic E-state index is 0.727. The van der Waals surface area contributed by atoms with Gasteiger partial charge in [0, 0.05) is 19.2 Å². The van der Waals surface area contributed by atoms with E-state index in [9.17, 15) is 0 Å². The van der Waals surface area contributed by atoms with Crippen LogP contribution in [-0.2, 0) is 6.42 Å². The topological polar surface area (TPSA) is 23.8 Å². The normalized spacial score (nSPS) is 19.0. The van der Waals surface area contributed by atoms with E-state index in [-0.39, 0.29) is 0 Å². The SMILES string of the molecule is CCCCCCCC1CCC(CCc2cc3sc(-c4ccc(C#N)cc4)cc3s2)CC1. The van der Waals surface area contributed by atoms with Gasteiger partial charge in [-0.2, -0.15) is 5.26 Å². The third-order valence-corrected chi connectivity index (χ3v) is 9.44. The predicted octanol–water partition coefficient (Wildman–Crippen LogP) is 9.60. The Morgan fingerprint density at radius 2 is 1.52 bits per heavy atom. The molecular formula is C28H35NS2. The van der Waals surface area contributed by atoms with Crippen molar-refractivity contribution in [3.63, 3.8) is 0 Å². The fourth-order valence-electron chi connectivity index (χ4n) is 5.05. The molecule has 0 bridgehead atoms. The van der Waals surface area contributed by atoms with Gasteiger partial charge < -0.3 is 0 Å². The molecule has 0 spiro atoms. The van der Waals surface area contributed by atoms with E-state index in [1.54, 1.807) is 4.88 Å². The zero-order valence-electron chi connectivity index (χ0n) is 18.9. The molecule has 0 amide bonds. The largest absolute Gasteiger partial charge is 0.192 e. The molecule has 3 heteroatoms. The minimum Gasteiger partial charge on any atom is -0.192 e. The number of thiophene rings is 2. The van der Waals surface area contributed by atoms with Gasteiger partial charge in [0.1, 0.15) is 0 Å². The van der Waals surface area contributed by atoms with Crippen LogP contribution < -0.4 is 0 Å². The number of rotatable bonds is 10. The summed E-state index contributed by atoms with van der Waals surface area (Å²) in [5, 5.41) is 8.98. The number of fused-ring (bicyclic) bond motifs is 1. The lowest BCUT2D eigenvalue weighted by Crippen LogP contribution is -2.15. The summed E-state index contributed by atoms with van der Waals surface area (Å²) in [7, 11) is 0. The molecule has 0 radical (unpaired) electrons. The van der Waals surface area contributed by atoms with Gasteiger partial charge in [-0.15, -0.1) is 22.7 Å². The Morgan fingerprint density at radius 3 is 2.19 bits per heavy atom. The number of unbranched alkanes of at least 4 members (excludes halogenated alkanes) is 4. The Balaban J connectivity index is 1.22. The minimum absolute atomic E-state index is 0.727. The van der Waals surface area contributed by atoms with E-state index in [4.69, 9.17) is 5.26 Å². The molecule has 1 aromatic carbocycles. The van der Waals surface area contributed by atoms with Crippen LogP contribution in [0.15, 0.2) is 36.4 Å². The second kappa shape index (κ2) is 11.3. The first-order chi connectivity index (χ1) is 15.2. The fraction of sp³-hybridized carbons (Fsp3) is 0.536. The maximum absolute atomic E-state index is 8.98. The van der Waals surface area contributed by atoms with Gasteiger partial charge in [0.15, 0.2) is 0 Å². The third kappa shape index (κ3) is 6.21. The quantitative estimate of drug-likeness (QED) is 0.283. The molecule has 0 N–H and O–H groups in total. The molecule has 3 aromatic rings. The van der Waals surface area contributed by atoms with Crippen LogP contribution in [0.5, 0.6) is 0 Å². The van der Waals surface area contributed by atoms with Crippen molar-refractivity contribution in [1.29, 1.82) is 5.26 Å². The molecule has 4 rings (SSSR count). The lowest BCUT2D eigenvalue weighted by atomic mass is 9.78. The first kappa shape index (κ1) is 22.6. The molecule has 31 heavy (non-hydrogen) atoms. The molecule has 164 valence electrons. The van der Waals surface area contributed by atoms with Gasteiger partial charge in [0.2, 0.25) is 0 Å². The van der Waals surface area contributed by atoms with Crippen molar-refractivity contribution >= 4 is 32.1 Å². The molecule has 0 saturated heterocycles. The Kier molecular flexibility index (Phi) is 8.22. The molecule has 0 aliphatic heterocycles. The Labute approximate surface area is 196 Å². The van der Waals surface area contributed by atoms with Crippen molar-refractivity contribution in [1.82, 2.24) is 0 Å². The first-order valence-electron chi connectivity index (χ1n) is 12.3. The number of aryl methyl sites for hydroxylation is 1. The second-order valence-corrected chi connectivity index (χ2v) is 11.6. The summed E-state index contributed by atoms with van der Waals surface area (Å²) in [5.74, 6) is 1.97. The molecule has 0 unspecified atom stereocenters. The van der Waals surface area contributed by atoms with Crippen molar-refractivity contribution in [2.45, 2.75) is 84.0 Å². The molecule has 1 fully saturated rings. The maximum Gasteiger partial charge on any atom is 0.0991 e. The summed E-state index contributed by atoms with van der Waals surface area (Å²) < 4.78 is 2.84. The molecule has 2 aromatic heterocycles. The summed E-state index contributed by atoms with van der Waals surface area (Å²) >= 11 is 3.87. The highest BCUT2D eigenvalue weighted by Gasteiger charge is 2.21. The molecule has 2 heterocycles. The second-order valence-electron chi connectivity index (χ2n) is 9.37. The fourth-order valence-corrected chi connectivity index (χ4v) is 7.49. The van der Waals surface area contributed by atoms with E-state index >= 15 is 0 Å². The van der Waals surface area contributed by atoms with Crippen molar-refractivity contribution in [3.8, 4) is 16.5 Å². The Bertz CT molecular complexity index is 949. The van der Waals surface area contributed by atoms with Gasteiger partial charge in [-0.25, -0.2) is 0 Å². The Morgan fingerprint density at radius 1 is 0.839 bits per heavy atom. The highest BCUT2D eigenvalue weighted by molar-refractivity contribution is 7.29. The zero-order valence-corrected chi connectivity index (χ0v) is 20.5. The van der Waals surface area contributed by atoms with Crippen LogP contribution >= 0.6 is 22.7 Å². The predicted molar refractivity (Wildman–Crippen MR) is 137 cm³/mol.